The first-order chi connectivity index (χ1) is 16.4. The largest absolute Gasteiger partial charge is 0.493 e. The molecule has 8 heteroatoms. The summed E-state index contributed by atoms with van der Waals surface area (Å²) in [5, 5.41) is 0. The van der Waals surface area contributed by atoms with E-state index in [1.165, 1.54) is 0 Å². The second-order valence-electron chi connectivity index (χ2n) is 9.12. The molecule has 4 rings (SSSR count). The van der Waals surface area contributed by atoms with Gasteiger partial charge in [-0.1, -0.05) is 0 Å². The van der Waals surface area contributed by atoms with Gasteiger partial charge >= 0.3 is 0 Å². The number of nitrogens with zero attached hydrogens (tertiary/aromatic N) is 4. The Morgan fingerprint density at radius 1 is 0.853 bits per heavy atom. The van der Waals surface area contributed by atoms with Crippen molar-refractivity contribution in [1.82, 2.24) is 19.7 Å². The van der Waals surface area contributed by atoms with Gasteiger partial charge in [-0.05, 0) is 57.1 Å². The lowest BCUT2D eigenvalue weighted by Gasteiger charge is -2.35. The number of likely N-dealkylation sites (tertiary alicyclic amines) is 1. The summed E-state index contributed by atoms with van der Waals surface area (Å²) in [4.78, 5) is 37.3. The van der Waals surface area contributed by atoms with Crippen molar-refractivity contribution in [2.45, 2.75) is 25.7 Å². The Morgan fingerprint density at radius 3 is 2.15 bits per heavy atom. The fourth-order valence-electron chi connectivity index (χ4n) is 4.76. The zero-order valence-corrected chi connectivity index (χ0v) is 20.5. The van der Waals surface area contributed by atoms with Gasteiger partial charge in [0.2, 0.25) is 0 Å². The van der Waals surface area contributed by atoms with Crippen LogP contribution in [-0.4, -0.2) is 92.0 Å². The third-order valence-corrected chi connectivity index (χ3v) is 6.88. The summed E-state index contributed by atoms with van der Waals surface area (Å²) >= 11 is 0. The fraction of sp³-hybridized carbons (Fsp3) is 0.500. The van der Waals surface area contributed by atoms with E-state index in [9.17, 15) is 9.59 Å². The molecule has 0 aliphatic carbocycles. The number of pyridine rings is 1. The predicted molar refractivity (Wildman–Crippen MR) is 130 cm³/mol. The van der Waals surface area contributed by atoms with Crippen LogP contribution < -0.4 is 9.47 Å². The molecule has 2 aromatic rings. The normalized spacial score (nSPS) is 17.5. The molecular weight excluding hydrogens is 432 g/mol. The van der Waals surface area contributed by atoms with Gasteiger partial charge in [0.1, 0.15) is 0 Å². The predicted octanol–water partition coefficient (Wildman–Crippen LogP) is 2.81. The van der Waals surface area contributed by atoms with Crippen LogP contribution in [0.1, 0.15) is 50.9 Å². The van der Waals surface area contributed by atoms with E-state index in [0.717, 1.165) is 50.4 Å². The number of aryl methyl sites for hydroxylation is 1. The fourth-order valence-corrected chi connectivity index (χ4v) is 4.76. The number of piperazine rings is 1. The number of aromatic nitrogens is 1. The second kappa shape index (κ2) is 10.4. The van der Waals surface area contributed by atoms with Gasteiger partial charge in [-0.3, -0.25) is 14.6 Å². The van der Waals surface area contributed by atoms with Crippen molar-refractivity contribution < 1.29 is 19.1 Å². The number of methoxy groups -OCH3 is 2. The van der Waals surface area contributed by atoms with E-state index in [4.69, 9.17) is 14.5 Å². The van der Waals surface area contributed by atoms with Crippen LogP contribution >= 0.6 is 0 Å². The van der Waals surface area contributed by atoms with E-state index >= 15 is 0 Å². The lowest BCUT2D eigenvalue weighted by atomic mass is 9.89. The number of hydrogen-bond donors (Lipinski definition) is 0. The highest BCUT2D eigenvalue weighted by Crippen LogP contribution is 2.32. The van der Waals surface area contributed by atoms with Crippen molar-refractivity contribution in [2.24, 2.45) is 0 Å². The number of carbonyl (C=O) groups is 2. The van der Waals surface area contributed by atoms with Crippen LogP contribution in [0.5, 0.6) is 11.5 Å². The third kappa shape index (κ3) is 5.01. The second-order valence-corrected chi connectivity index (χ2v) is 9.12. The molecule has 2 aliphatic rings. The van der Waals surface area contributed by atoms with Crippen LogP contribution in [0.25, 0.3) is 0 Å². The molecular formula is C26H34N4O4. The molecule has 0 spiro atoms. The summed E-state index contributed by atoms with van der Waals surface area (Å²) in [5.74, 6) is 1.34. The molecule has 0 N–H and O–H groups in total. The van der Waals surface area contributed by atoms with Crippen LogP contribution in [0.2, 0.25) is 0 Å². The van der Waals surface area contributed by atoms with Crippen molar-refractivity contribution in [3.8, 4) is 11.5 Å². The maximum absolute atomic E-state index is 13.3. The Balaban J connectivity index is 1.46. The molecule has 0 atom stereocenters. The minimum Gasteiger partial charge on any atom is -0.493 e. The van der Waals surface area contributed by atoms with Crippen molar-refractivity contribution in [2.75, 3.05) is 60.5 Å². The smallest absolute Gasteiger partial charge is 0.255 e. The minimum atomic E-state index is -0.0228. The molecule has 2 amide bonds. The summed E-state index contributed by atoms with van der Waals surface area (Å²) in [7, 11) is 5.22. The highest BCUT2D eigenvalue weighted by atomic mass is 16.5. The van der Waals surface area contributed by atoms with Gasteiger partial charge in [0, 0.05) is 56.4 Å². The first kappa shape index (κ1) is 24.0. The van der Waals surface area contributed by atoms with Gasteiger partial charge in [0.15, 0.2) is 11.5 Å². The van der Waals surface area contributed by atoms with Crippen LogP contribution in [0.3, 0.4) is 0 Å². The molecule has 0 unspecified atom stereocenters. The first-order valence-corrected chi connectivity index (χ1v) is 11.9. The summed E-state index contributed by atoms with van der Waals surface area (Å²) in [5.41, 5.74) is 3.08. The molecule has 2 saturated heterocycles. The lowest BCUT2D eigenvalue weighted by molar-refractivity contribution is 0.0654. The lowest BCUT2D eigenvalue weighted by Crippen LogP contribution is -2.47. The minimum absolute atomic E-state index is 0.0228. The number of likely N-dealkylation sites (N-methyl/N-ethyl adjacent to an activating group) is 1. The summed E-state index contributed by atoms with van der Waals surface area (Å²) in [6.07, 6.45) is 1.55. The monoisotopic (exact) mass is 466 g/mol. The number of benzene rings is 1. The number of piperidine rings is 1. The zero-order chi connectivity index (χ0) is 24.2. The molecule has 2 aliphatic heterocycles. The molecule has 2 fully saturated rings. The number of rotatable bonds is 5. The average molecular weight is 467 g/mol. The molecule has 0 radical (unpaired) electrons. The van der Waals surface area contributed by atoms with Crippen LogP contribution in [0, 0.1) is 6.92 Å². The van der Waals surface area contributed by atoms with Crippen LogP contribution in [0.4, 0.5) is 0 Å². The van der Waals surface area contributed by atoms with Gasteiger partial charge < -0.3 is 24.2 Å². The highest BCUT2D eigenvalue weighted by Gasteiger charge is 2.30. The van der Waals surface area contributed by atoms with E-state index in [2.05, 4.69) is 11.9 Å². The standard InChI is InChI=1S/C26H34N4O4/c1-18-5-7-21(26(32)30-15-13-28(2)14-16-30)24(27-18)19-9-11-29(12-10-19)25(31)20-6-8-22(33-3)23(17-20)34-4/h5-8,17,19H,9-16H2,1-4H3. The van der Waals surface area contributed by atoms with Gasteiger partial charge in [-0.2, -0.15) is 0 Å². The van der Waals surface area contributed by atoms with E-state index in [-0.39, 0.29) is 17.7 Å². The zero-order valence-electron chi connectivity index (χ0n) is 20.5. The Morgan fingerprint density at radius 2 is 1.50 bits per heavy atom. The van der Waals surface area contributed by atoms with Crippen LogP contribution in [0.15, 0.2) is 30.3 Å². The maximum Gasteiger partial charge on any atom is 0.255 e. The van der Waals surface area contributed by atoms with E-state index in [0.29, 0.717) is 35.7 Å². The number of carbonyl (C=O) groups excluding carboxylic acids is 2. The first-order valence-electron chi connectivity index (χ1n) is 11.9. The molecule has 8 nitrogen and oxygen atoms in total. The molecule has 0 saturated carbocycles. The quantitative estimate of drug-likeness (QED) is 0.675. The van der Waals surface area contributed by atoms with Crippen molar-refractivity contribution in [3.05, 3.63) is 52.8 Å². The molecule has 1 aromatic heterocycles. The Bertz CT molecular complexity index is 1040. The van der Waals surface area contributed by atoms with Gasteiger partial charge in [0.05, 0.1) is 25.5 Å². The molecule has 34 heavy (non-hydrogen) atoms. The van der Waals surface area contributed by atoms with Crippen LogP contribution in [-0.2, 0) is 0 Å². The molecule has 182 valence electrons. The summed E-state index contributed by atoms with van der Waals surface area (Å²) < 4.78 is 10.6. The SMILES string of the molecule is COc1ccc(C(=O)N2CCC(c3nc(C)ccc3C(=O)N3CCN(C)CC3)CC2)cc1OC. The maximum atomic E-state index is 13.3. The van der Waals surface area contributed by atoms with Gasteiger partial charge in [-0.15, -0.1) is 0 Å². The Labute approximate surface area is 201 Å². The van der Waals surface area contributed by atoms with E-state index in [1.807, 2.05) is 28.9 Å². The number of amides is 2. The number of hydrogen-bond acceptors (Lipinski definition) is 6. The van der Waals surface area contributed by atoms with Crippen molar-refractivity contribution >= 4 is 11.8 Å². The highest BCUT2D eigenvalue weighted by molar-refractivity contribution is 5.96. The van der Waals surface area contributed by atoms with E-state index in [1.54, 1.807) is 32.4 Å². The molecule has 0 bridgehead atoms. The third-order valence-electron chi connectivity index (χ3n) is 6.88. The molecule has 3 heterocycles. The average Bonchev–Trinajstić information content (AvgIpc) is 2.88. The van der Waals surface area contributed by atoms with Gasteiger partial charge in [0.25, 0.3) is 11.8 Å². The number of ether oxygens (including phenoxy) is 2. The Kier molecular flexibility index (Phi) is 7.36. The summed E-state index contributed by atoms with van der Waals surface area (Å²) in [6.45, 7) is 6.45. The van der Waals surface area contributed by atoms with Crippen molar-refractivity contribution in [1.29, 1.82) is 0 Å². The van der Waals surface area contributed by atoms with E-state index < -0.39 is 0 Å². The van der Waals surface area contributed by atoms with Gasteiger partial charge in [-0.25, -0.2) is 0 Å². The molecule has 1 aromatic carbocycles. The summed E-state index contributed by atoms with van der Waals surface area (Å²) in [6, 6.07) is 9.10. The topological polar surface area (TPSA) is 75.2 Å². The van der Waals surface area contributed by atoms with Crippen molar-refractivity contribution in [3.63, 3.8) is 0 Å². The Hall–Kier alpha value is -3.13.